The molecule has 1 saturated heterocycles. The number of carbonyl (C=O) groups is 1. The minimum Gasteiger partial charge on any atom is -0.337 e. The molecule has 2 N–H and O–H groups in total. The molecule has 6 heteroatoms. The van der Waals surface area contributed by atoms with Crippen LogP contribution in [0.25, 0.3) is 0 Å². The van der Waals surface area contributed by atoms with Crippen LogP contribution in [0.1, 0.15) is 28.0 Å². The van der Waals surface area contributed by atoms with E-state index in [2.05, 4.69) is 20.5 Å². The number of aromatic amines is 1. The summed E-state index contributed by atoms with van der Waals surface area (Å²) < 4.78 is 0. The smallest absolute Gasteiger partial charge is 0.254 e. The number of aryl methyl sites for hydroxylation is 1. The van der Waals surface area contributed by atoms with E-state index in [1.165, 1.54) is 0 Å². The van der Waals surface area contributed by atoms with Gasteiger partial charge in [-0.2, -0.15) is 5.10 Å². The lowest BCUT2D eigenvalue weighted by Gasteiger charge is -2.17. The number of aromatic nitrogens is 3. The third-order valence-corrected chi connectivity index (χ3v) is 3.90. The molecular formula is C15H19N5O. The fourth-order valence-electron chi connectivity index (χ4n) is 2.59. The first-order valence-electron chi connectivity index (χ1n) is 7.15. The number of nitrogens with one attached hydrogen (secondary N) is 2. The van der Waals surface area contributed by atoms with E-state index in [0.717, 1.165) is 37.3 Å². The molecule has 0 radical (unpaired) electrons. The van der Waals surface area contributed by atoms with Crippen molar-refractivity contribution in [1.82, 2.24) is 25.4 Å². The molecule has 0 aromatic carbocycles. The lowest BCUT2D eigenvalue weighted by molar-refractivity contribution is 0.0789. The summed E-state index contributed by atoms with van der Waals surface area (Å²) >= 11 is 0. The molecule has 1 unspecified atom stereocenters. The SMILES string of the molecule is Cc1cn[nH]c1CNC1CCN(C(=O)c2ccncc2)C1. The van der Waals surface area contributed by atoms with Gasteiger partial charge < -0.3 is 10.2 Å². The van der Waals surface area contributed by atoms with Crippen molar-refractivity contribution in [2.24, 2.45) is 0 Å². The third kappa shape index (κ3) is 3.11. The van der Waals surface area contributed by atoms with Crippen molar-refractivity contribution >= 4 is 5.91 Å². The third-order valence-electron chi connectivity index (χ3n) is 3.90. The zero-order valence-corrected chi connectivity index (χ0v) is 12.0. The van der Waals surface area contributed by atoms with Crippen molar-refractivity contribution in [2.75, 3.05) is 13.1 Å². The number of nitrogens with zero attached hydrogens (tertiary/aromatic N) is 3. The second-order valence-electron chi connectivity index (χ2n) is 5.39. The summed E-state index contributed by atoms with van der Waals surface area (Å²) in [5.74, 6) is 0.0828. The van der Waals surface area contributed by atoms with Gasteiger partial charge in [0.25, 0.3) is 5.91 Å². The maximum atomic E-state index is 12.3. The Morgan fingerprint density at radius 2 is 2.29 bits per heavy atom. The van der Waals surface area contributed by atoms with Gasteiger partial charge in [0.2, 0.25) is 0 Å². The zero-order valence-electron chi connectivity index (χ0n) is 12.0. The van der Waals surface area contributed by atoms with Crippen molar-refractivity contribution in [1.29, 1.82) is 0 Å². The quantitative estimate of drug-likeness (QED) is 0.883. The normalized spacial score (nSPS) is 18.1. The molecule has 21 heavy (non-hydrogen) atoms. The highest BCUT2D eigenvalue weighted by atomic mass is 16.2. The Labute approximate surface area is 123 Å². The van der Waals surface area contributed by atoms with Crippen LogP contribution < -0.4 is 5.32 Å². The van der Waals surface area contributed by atoms with Crippen LogP contribution in [-0.4, -0.2) is 45.1 Å². The zero-order chi connectivity index (χ0) is 14.7. The number of rotatable bonds is 4. The molecule has 1 amide bonds. The summed E-state index contributed by atoms with van der Waals surface area (Å²) in [5, 5.41) is 10.5. The van der Waals surface area contributed by atoms with Gasteiger partial charge in [0.1, 0.15) is 0 Å². The van der Waals surface area contributed by atoms with Gasteiger partial charge in [0.15, 0.2) is 0 Å². The molecule has 1 aliphatic rings. The second-order valence-corrected chi connectivity index (χ2v) is 5.39. The summed E-state index contributed by atoms with van der Waals surface area (Å²) in [6, 6.07) is 3.85. The Bertz CT molecular complexity index is 610. The number of hydrogen-bond donors (Lipinski definition) is 2. The minimum atomic E-state index is 0.0828. The summed E-state index contributed by atoms with van der Waals surface area (Å²) in [7, 11) is 0. The molecular weight excluding hydrogens is 266 g/mol. The average Bonchev–Trinajstić information content (AvgIpc) is 3.14. The number of amides is 1. The van der Waals surface area contributed by atoms with Crippen molar-refractivity contribution in [2.45, 2.75) is 25.9 Å². The summed E-state index contributed by atoms with van der Waals surface area (Å²) in [5.41, 5.74) is 2.97. The second kappa shape index (κ2) is 6.05. The summed E-state index contributed by atoms with van der Waals surface area (Å²) in [4.78, 5) is 18.2. The van der Waals surface area contributed by atoms with Gasteiger partial charge in [-0.05, 0) is 31.0 Å². The number of likely N-dealkylation sites (tertiary alicyclic amines) is 1. The largest absolute Gasteiger partial charge is 0.337 e. The van der Waals surface area contributed by atoms with E-state index in [0.29, 0.717) is 11.6 Å². The molecule has 1 aliphatic heterocycles. The lowest BCUT2D eigenvalue weighted by Crippen LogP contribution is -2.35. The van der Waals surface area contributed by atoms with Crippen LogP contribution in [-0.2, 0) is 6.54 Å². The maximum absolute atomic E-state index is 12.3. The van der Waals surface area contributed by atoms with Crippen molar-refractivity contribution in [3.05, 3.63) is 47.5 Å². The molecule has 6 nitrogen and oxygen atoms in total. The predicted molar refractivity (Wildman–Crippen MR) is 78.7 cm³/mol. The van der Waals surface area contributed by atoms with E-state index in [4.69, 9.17) is 0 Å². The number of pyridine rings is 1. The van der Waals surface area contributed by atoms with Gasteiger partial charge in [-0.3, -0.25) is 14.9 Å². The number of carbonyl (C=O) groups excluding carboxylic acids is 1. The number of hydrogen-bond acceptors (Lipinski definition) is 4. The van der Waals surface area contributed by atoms with Crippen LogP contribution in [0.5, 0.6) is 0 Å². The highest BCUT2D eigenvalue weighted by Gasteiger charge is 2.26. The molecule has 0 aliphatic carbocycles. The molecule has 2 aromatic heterocycles. The fraction of sp³-hybridized carbons (Fsp3) is 0.400. The van der Waals surface area contributed by atoms with Gasteiger partial charge in [0, 0.05) is 43.6 Å². The predicted octanol–water partition coefficient (Wildman–Crippen LogP) is 1.12. The lowest BCUT2D eigenvalue weighted by atomic mass is 10.2. The van der Waals surface area contributed by atoms with Gasteiger partial charge in [0.05, 0.1) is 11.9 Å². The molecule has 1 fully saturated rings. The molecule has 1 atom stereocenters. The summed E-state index contributed by atoms with van der Waals surface area (Å²) in [6.07, 6.45) is 6.11. The molecule has 0 saturated carbocycles. The highest BCUT2D eigenvalue weighted by molar-refractivity contribution is 5.94. The first-order valence-corrected chi connectivity index (χ1v) is 7.15. The Kier molecular flexibility index (Phi) is 3.96. The topological polar surface area (TPSA) is 73.9 Å². The molecule has 3 heterocycles. The van der Waals surface area contributed by atoms with E-state index >= 15 is 0 Å². The van der Waals surface area contributed by atoms with Crippen molar-refractivity contribution in [3.63, 3.8) is 0 Å². The Hall–Kier alpha value is -2.21. The van der Waals surface area contributed by atoms with Gasteiger partial charge >= 0.3 is 0 Å². The van der Waals surface area contributed by atoms with Gasteiger partial charge in [-0.25, -0.2) is 0 Å². The van der Waals surface area contributed by atoms with Crippen molar-refractivity contribution < 1.29 is 4.79 Å². The number of H-pyrrole nitrogens is 1. The van der Waals surface area contributed by atoms with Gasteiger partial charge in [-0.1, -0.05) is 0 Å². The van der Waals surface area contributed by atoms with Crippen LogP contribution in [0, 0.1) is 6.92 Å². The van der Waals surface area contributed by atoms with Crippen molar-refractivity contribution in [3.8, 4) is 0 Å². The fourth-order valence-corrected chi connectivity index (χ4v) is 2.59. The average molecular weight is 285 g/mol. The molecule has 0 spiro atoms. The monoisotopic (exact) mass is 285 g/mol. The van der Waals surface area contributed by atoms with E-state index in [1.54, 1.807) is 24.5 Å². The highest BCUT2D eigenvalue weighted by Crippen LogP contribution is 2.14. The van der Waals surface area contributed by atoms with E-state index in [-0.39, 0.29) is 5.91 Å². The Morgan fingerprint density at radius 1 is 1.48 bits per heavy atom. The first kappa shape index (κ1) is 13.8. The van der Waals surface area contributed by atoms with Crippen LogP contribution in [0.3, 0.4) is 0 Å². The minimum absolute atomic E-state index is 0.0828. The van der Waals surface area contributed by atoms with E-state index in [1.807, 2.05) is 18.0 Å². The standard InChI is InChI=1S/C15H19N5O/c1-11-8-18-19-14(11)9-17-13-4-7-20(10-13)15(21)12-2-5-16-6-3-12/h2-3,5-6,8,13,17H,4,7,9-10H2,1H3,(H,18,19). The molecule has 3 rings (SSSR count). The van der Waals surface area contributed by atoms with Gasteiger partial charge in [-0.15, -0.1) is 0 Å². The molecule has 110 valence electrons. The Balaban J connectivity index is 1.54. The van der Waals surface area contributed by atoms with Crippen LogP contribution in [0.4, 0.5) is 0 Å². The summed E-state index contributed by atoms with van der Waals surface area (Å²) in [6.45, 7) is 4.33. The van der Waals surface area contributed by atoms with Crippen LogP contribution in [0.2, 0.25) is 0 Å². The first-order chi connectivity index (χ1) is 10.2. The Morgan fingerprint density at radius 3 is 3.00 bits per heavy atom. The molecule has 2 aromatic rings. The van der Waals surface area contributed by atoms with E-state index < -0.39 is 0 Å². The maximum Gasteiger partial charge on any atom is 0.254 e. The van der Waals surface area contributed by atoms with Crippen LogP contribution in [0.15, 0.2) is 30.7 Å². The van der Waals surface area contributed by atoms with Crippen LogP contribution >= 0.6 is 0 Å². The van der Waals surface area contributed by atoms with E-state index in [9.17, 15) is 4.79 Å². The molecule has 0 bridgehead atoms.